The predicted octanol–water partition coefficient (Wildman–Crippen LogP) is 4.97. The normalized spacial score (nSPS) is 16.5. The Hall–Kier alpha value is -2.92. The van der Waals surface area contributed by atoms with E-state index >= 15 is 0 Å². The molecule has 0 N–H and O–H groups in total. The SMILES string of the molecule is C[C@H]1CCCN(C(=O)COC(=O)c2cc(-c3ccccc3Cl)nc3ccccc23)C1. The van der Waals surface area contributed by atoms with Crippen molar-refractivity contribution in [3.63, 3.8) is 0 Å². The molecule has 4 rings (SSSR count). The van der Waals surface area contributed by atoms with Crippen LogP contribution in [-0.2, 0) is 9.53 Å². The Labute approximate surface area is 180 Å². The molecule has 0 saturated carbocycles. The van der Waals surface area contributed by atoms with Crippen molar-refractivity contribution in [1.82, 2.24) is 9.88 Å². The molecule has 2 heterocycles. The Morgan fingerprint density at radius 2 is 1.93 bits per heavy atom. The average Bonchev–Trinajstić information content (AvgIpc) is 2.76. The van der Waals surface area contributed by atoms with Crippen LogP contribution in [-0.4, -0.2) is 41.5 Å². The number of halogens is 1. The molecule has 1 saturated heterocycles. The maximum absolute atomic E-state index is 12.9. The second-order valence-corrected chi connectivity index (χ2v) is 8.12. The molecule has 1 atom stereocenters. The third kappa shape index (κ3) is 4.31. The second kappa shape index (κ2) is 8.84. The first kappa shape index (κ1) is 20.4. The fourth-order valence-electron chi connectivity index (χ4n) is 3.86. The Morgan fingerprint density at radius 1 is 1.17 bits per heavy atom. The van der Waals surface area contributed by atoms with Crippen molar-refractivity contribution in [3.05, 3.63) is 65.2 Å². The molecule has 0 bridgehead atoms. The highest BCUT2D eigenvalue weighted by molar-refractivity contribution is 6.33. The molecule has 30 heavy (non-hydrogen) atoms. The molecule has 6 heteroatoms. The van der Waals surface area contributed by atoms with Gasteiger partial charge in [-0.2, -0.15) is 0 Å². The molecule has 0 spiro atoms. The number of carbonyl (C=O) groups excluding carboxylic acids is 2. The van der Waals surface area contributed by atoms with E-state index in [1.54, 1.807) is 17.0 Å². The summed E-state index contributed by atoms with van der Waals surface area (Å²) in [6.07, 6.45) is 2.11. The maximum Gasteiger partial charge on any atom is 0.339 e. The van der Waals surface area contributed by atoms with E-state index < -0.39 is 5.97 Å². The number of amides is 1. The molecule has 1 aliphatic rings. The minimum atomic E-state index is -0.541. The maximum atomic E-state index is 12.9. The lowest BCUT2D eigenvalue weighted by Crippen LogP contribution is -2.41. The van der Waals surface area contributed by atoms with E-state index in [-0.39, 0.29) is 12.5 Å². The van der Waals surface area contributed by atoms with E-state index in [9.17, 15) is 9.59 Å². The van der Waals surface area contributed by atoms with Gasteiger partial charge in [0, 0.05) is 29.1 Å². The Balaban J connectivity index is 1.60. The van der Waals surface area contributed by atoms with E-state index in [1.807, 2.05) is 42.5 Å². The highest BCUT2D eigenvalue weighted by Gasteiger charge is 2.23. The zero-order valence-electron chi connectivity index (χ0n) is 16.8. The number of pyridine rings is 1. The van der Waals surface area contributed by atoms with Gasteiger partial charge in [0.05, 0.1) is 16.8 Å². The first-order valence-corrected chi connectivity index (χ1v) is 10.5. The summed E-state index contributed by atoms with van der Waals surface area (Å²) in [6, 6.07) is 16.4. The Kier molecular flexibility index (Phi) is 6.00. The molecule has 0 aliphatic carbocycles. The number of ether oxygens (including phenoxy) is 1. The van der Waals surface area contributed by atoms with Crippen molar-refractivity contribution in [2.75, 3.05) is 19.7 Å². The number of carbonyl (C=O) groups is 2. The lowest BCUT2D eigenvalue weighted by Gasteiger charge is -2.30. The van der Waals surface area contributed by atoms with Crippen LogP contribution >= 0.6 is 11.6 Å². The molecular weight excluding hydrogens is 400 g/mol. The van der Waals surface area contributed by atoms with Crippen LogP contribution < -0.4 is 0 Å². The zero-order valence-corrected chi connectivity index (χ0v) is 17.6. The molecule has 5 nitrogen and oxygen atoms in total. The van der Waals surface area contributed by atoms with E-state index in [2.05, 4.69) is 11.9 Å². The number of hydrogen-bond donors (Lipinski definition) is 0. The highest BCUT2D eigenvalue weighted by Crippen LogP contribution is 2.30. The van der Waals surface area contributed by atoms with E-state index in [0.29, 0.717) is 39.6 Å². The van der Waals surface area contributed by atoms with Gasteiger partial charge in [-0.1, -0.05) is 54.9 Å². The van der Waals surface area contributed by atoms with Crippen LogP contribution in [0.5, 0.6) is 0 Å². The number of para-hydroxylation sites is 1. The number of piperidine rings is 1. The Bertz CT molecular complexity index is 1100. The van der Waals surface area contributed by atoms with Gasteiger partial charge in [0.2, 0.25) is 0 Å². The van der Waals surface area contributed by atoms with Crippen LogP contribution in [0, 0.1) is 5.92 Å². The zero-order chi connectivity index (χ0) is 21.1. The average molecular weight is 423 g/mol. The van der Waals surface area contributed by atoms with Gasteiger partial charge in [-0.25, -0.2) is 9.78 Å². The standard InChI is InChI=1S/C24H23ClN2O3/c1-16-7-6-12-27(14-16)23(28)15-30-24(29)19-13-22(18-9-2-4-10-20(18)25)26-21-11-5-3-8-17(19)21/h2-5,8-11,13,16H,6-7,12,14-15H2,1H3/t16-/m0/s1. The van der Waals surface area contributed by atoms with Crippen molar-refractivity contribution in [1.29, 1.82) is 0 Å². The summed E-state index contributed by atoms with van der Waals surface area (Å²) in [6.45, 7) is 3.30. The van der Waals surface area contributed by atoms with Crippen LogP contribution in [0.25, 0.3) is 22.2 Å². The van der Waals surface area contributed by atoms with Gasteiger partial charge in [-0.15, -0.1) is 0 Å². The number of aromatic nitrogens is 1. The van der Waals surface area contributed by atoms with Crippen molar-refractivity contribution in [3.8, 4) is 11.3 Å². The molecule has 154 valence electrons. The fourth-order valence-corrected chi connectivity index (χ4v) is 4.10. The van der Waals surface area contributed by atoms with Crippen molar-refractivity contribution >= 4 is 34.4 Å². The van der Waals surface area contributed by atoms with Gasteiger partial charge in [0.25, 0.3) is 5.91 Å². The lowest BCUT2D eigenvalue weighted by molar-refractivity contribution is -0.136. The summed E-state index contributed by atoms with van der Waals surface area (Å²) in [4.78, 5) is 31.9. The van der Waals surface area contributed by atoms with Gasteiger partial charge in [0.15, 0.2) is 6.61 Å². The number of rotatable bonds is 4. The molecular formula is C24H23ClN2O3. The summed E-state index contributed by atoms with van der Waals surface area (Å²) in [5.74, 6) is -0.222. The van der Waals surface area contributed by atoms with Crippen molar-refractivity contribution < 1.29 is 14.3 Å². The molecule has 1 fully saturated rings. The van der Waals surface area contributed by atoms with Crippen LogP contribution in [0.2, 0.25) is 5.02 Å². The second-order valence-electron chi connectivity index (χ2n) is 7.72. The first-order valence-electron chi connectivity index (χ1n) is 10.1. The lowest BCUT2D eigenvalue weighted by atomic mass is 10.0. The van der Waals surface area contributed by atoms with Crippen LogP contribution in [0.4, 0.5) is 0 Å². The minimum Gasteiger partial charge on any atom is -0.452 e. The topological polar surface area (TPSA) is 59.5 Å². The highest BCUT2D eigenvalue weighted by atomic mass is 35.5. The summed E-state index contributed by atoms with van der Waals surface area (Å²) >= 11 is 6.34. The van der Waals surface area contributed by atoms with Crippen molar-refractivity contribution in [2.45, 2.75) is 19.8 Å². The molecule has 1 amide bonds. The monoisotopic (exact) mass is 422 g/mol. The molecule has 0 unspecified atom stereocenters. The molecule has 2 aromatic carbocycles. The molecule has 1 aliphatic heterocycles. The summed E-state index contributed by atoms with van der Waals surface area (Å²) in [5.41, 5.74) is 2.35. The van der Waals surface area contributed by atoms with E-state index in [4.69, 9.17) is 16.3 Å². The number of nitrogens with zero attached hydrogens (tertiary/aromatic N) is 2. The van der Waals surface area contributed by atoms with Gasteiger partial charge in [0.1, 0.15) is 0 Å². The third-order valence-electron chi connectivity index (χ3n) is 5.42. The minimum absolute atomic E-state index is 0.153. The number of hydrogen-bond acceptors (Lipinski definition) is 4. The van der Waals surface area contributed by atoms with Crippen LogP contribution in [0.15, 0.2) is 54.6 Å². The van der Waals surface area contributed by atoms with Gasteiger partial charge in [-0.3, -0.25) is 4.79 Å². The summed E-state index contributed by atoms with van der Waals surface area (Å²) in [7, 11) is 0. The predicted molar refractivity (Wildman–Crippen MR) is 117 cm³/mol. The largest absolute Gasteiger partial charge is 0.452 e. The molecule has 3 aromatic rings. The number of fused-ring (bicyclic) bond motifs is 1. The van der Waals surface area contributed by atoms with Gasteiger partial charge in [-0.05, 0) is 37.0 Å². The summed E-state index contributed by atoms with van der Waals surface area (Å²) < 4.78 is 5.42. The molecule has 0 radical (unpaired) electrons. The number of likely N-dealkylation sites (tertiary alicyclic amines) is 1. The van der Waals surface area contributed by atoms with Gasteiger partial charge >= 0.3 is 5.97 Å². The van der Waals surface area contributed by atoms with Crippen molar-refractivity contribution in [2.24, 2.45) is 5.92 Å². The Morgan fingerprint density at radius 3 is 2.73 bits per heavy atom. The first-order chi connectivity index (χ1) is 14.5. The van der Waals surface area contributed by atoms with Crippen LogP contribution in [0.1, 0.15) is 30.1 Å². The summed E-state index contributed by atoms with van der Waals surface area (Å²) in [5, 5.41) is 1.23. The smallest absolute Gasteiger partial charge is 0.339 e. The van der Waals surface area contributed by atoms with E-state index in [0.717, 1.165) is 24.9 Å². The van der Waals surface area contributed by atoms with Gasteiger partial charge < -0.3 is 9.64 Å². The quantitative estimate of drug-likeness (QED) is 0.557. The third-order valence-corrected chi connectivity index (χ3v) is 5.75. The fraction of sp³-hybridized carbons (Fsp3) is 0.292. The molecule has 1 aromatic heterocycles. The van der Waals surface area contributed by atoms with E-state index in [1.165, 1.54) is 0 Å². The number of benzene rings is 2. The van der Waals surface area contributed by atoms with Crippen LogP contribution in [0.3, 0.4) is 0 Å². The number of esters is 1.